The van der Waals surface area contributed by atoms with Gasteiger partial charge < -0.3 is 10.6 Å². The van der Waals surface area contributed by atoms with Crippen molar-refractivity contribution in [3.63, 3.8) is 0 Å². The highest BCUT2D eigenvalue weighted by molar-refractivity contribution is 7.92. The first-order valence-electron chi connectivity index (χ1n) is 7.13. The van der Waals surface area contributed by atoms with Gasteiger partial charge in [-0.15, -0.1) is 0 Å². The second kappa shape index (κ2) is 7.27. The van der Waals surface area contributed by atoms with Crippen molar-refractivity contribution >= 4 is 27.6 Å². The molecule has 0 spiro atoms. The summed E-state index contributed by atoms with van der Waals surface area (Å²) in [4.78, 5) is 15.3. The van der Waals surface area contributed by atoms with Crippen molar-refractivity contribution in [2.75, 3.05) is 35.3 Å². The zero-order chi connectivity index (χ0) is 19.5. The van der Waals surface area contributed by atoms with E-state index in [1.54, 1.807) is 0 Å². The largest absolute Gasteiger partial charge is 0.421 e. The van der Waals surface area contributed by atoms with Crippen molar-refractivity contribution in [3.05, 3.63) is 29.8 Å². The third-order valence-electron chi connectivity index (χ3n) is 3.29. The fourth-order valence-corrected chi connectivity index (χ4v) is 2.38. The number of rotatable bonds is 6. The lowest BCUT2D eigenvalue weighted by Crippen LogP contribution is -2.27. The van der Waals surface area contributed by atoms with Crippen molar-refractivity contribution < 1.29 is 21.6 Å². The molecule has 13 heteroatoms. The summed E-state index contributed by atoms with van der Waals surface area (Å²) in [5.74, 6) is -0.470. The van der Waals surface area contributed by atoms with E-state index in [0.29, 0.717) is 6.20 Å². The quantitative estimate of drug-likeness (QED) is 0.758. The van der Waals surface area contributed by atoms with Crippen molar-refractivity contribution in [3.8, 4) is 0 Å². The average molecular weight is 391 g/mol. The van der Waals surface area contributed by atoms with Gasteiger partial charge in [0.1, 0.15) is 17.1 Å². The molecule has 2 aromatic heterocycles. The summed E-state index contributed by atoms with van der Waals surface area (Å²) in [5, 5.41) is 5.07. The predicted molar refractivity (Wildman–Crippen MR) is 89.2 cm³/mol. The zero-order valence-electron chi connectivity index (χ0n) is 14.0. The van der Waals surface area contributed by atoms with Gasteiger partial charge in [-0.1, -0.05) is 0 Å². The van der Waals surface area contributed by atoms with Crippen LogP contribution in [0.1, 0.15) is 11.3 Å². The topological polar surface area (TPSA) is 113 Å². The van der Waals surface area contributed by atoms with Crippen LogP contribution in [0.2, 0.25) is 0 Å². The minimum atomic E-state index is -4.66. The Morgan fingerprint density at radius 3 is 2.42 bits per heavy atom. The lowest BCUT2D eigenvalue weighted by Gasteiger charge is -2.19. The van der Waals surface area contributed by atoms with Crippen LogP contribution >= 0.6 is 0 Å². The second-order valence-electron chi connectivity index (χ2n) is 5.11. The van der Waals surface area contributed by atoms with E-state index >= 15 is 0 Å². The molecule has 0 bridgehead atoms. The van der Waals surface area contributed by atoms with Crippen LogP contribution in [0.15, 0.2) is 18.6 Å². The van der Waals surface area contributed by atoms with Gasteiger partial charge in [0.05, 0.1) is 12.8 Å². The number of halogens is 3. The van der Waals surface area contributed by atoms with Gasteiger partial charge in [0.2, 0.25) is 16.0 Å². The molecule has 0 aliphatic heterocycles. The average Bonchev–Trinajstić information content (AvgIpc) is 2.57. The van der Waals surface area contributed by atoms with E-state index in [0.717, 1.165) is 10.6 Å². The Balaban J connectivity index is 2.36. The summed E-state index contributed by atoms with van der Waals surface area (Å²) in [6, 6.07) is 0. The van der Waals surface area contributed by atoms with E-state index in [4.69, 9.17) is 0 Å². The molecular weight excluding hydrogens is 375 g/mol. The molecule has 0 amide bonds. The molecule has 0 aromatic carbocycles. The molecule has 142 valence electrons. The Kier molecular flexibility index (Phi) is 5.49. The van der Waals surface area contributed by atoms with Crippen LogP contribution in [0, 0.1) is 0 Å². The summed E-state index contributed by atoms with van der Waals surface area (Å²) in [5.41, 5.74) is -0.920. The zero-order valence-corrected chi connectivity index (χ0v) is 14.9. The van der Waals surface area contributed by atoms with Gasteiger partial charge in [0, 0.05) is 32.7 Å². The second-order valence-corrected chi connectivity index (χ2v) is 7.13. The first-order chi connectivity index (χ1) is 12.0. The van der Waals surface area contributed by atoms with Crippen molar-refractivity contribution in [1.82, 2.24) is 19.9 Å². The summed E-state index contributed by atoms with van der Waals surface area (Å²) in [6.07, 6.45) is -0.444. The number of anilines is 3. The number of sulfonamides is 1. The van der Waals surface area contributed by atoms with Crippen molar-refractivity contribution in [1.29, 1.82) is 0 Å². The normalized spacial score (nSPS) is 11.9. The maximum atomic E-state index is 13.1. The Bertz CT molecular complexity index is 890. The van der Waals surface area contributed by atoms with Gasteiger partial charge in [-0.25, -0.2) is 18.4 Å². The van der Waals surface area contributed by atoms with Crippen LogP contribution in [-0.2, 0) is 22.7 Å². The molecule has 9 nitrogen and oxygen atoms in total. The van der Waals surface area contributed by atoms with Gasteiger partial charge in [0.15, 0.2) is 5.82 Å². The maximum Gasteiger partial charge on any atom is 0.421 e. The van der Waals surface area contributed by atoms with Gasteiger partial charge in [-0.3, -0.25) is 9.29 Å². The summed E-state index contributed by atoms with van der Waals surface area (Å²) in [7, 11) is -0.878. The molecule has 2 aromatic rings. The van der Waals surface area contributed by atoms with E-state index in [1.807, 2.05) is 0 Å². The molecule has 0 aliphatic rings. The third kappa shape index (κ3) is 4.47. The third-order valence-corrected chi connectivity index (χ3v) is 4.46. The molecule has 2 rings (SSSR count). The highest BCUT2D eigenvalue weighted by Crippen LogP contribution is 2.34. The Labute approximate surface area is 147 Å². The molecule has 0 fully saturated rings. The van der Waals surface area contributed by atoms with Gasteiger partial charge in [0.25, 0.3) is 0 Å². The lowest BCUT2D eigenvalue weighted by molar-refractivity contribution is -0.137. The van der Waals surface area contributed by atoms with E-state index in [9.17, 15) is 21.6 Å². The van der Waals surface area contributed by atoms with Crippen LogP contribution in [0.5, 0.6) is 0 Å². The number of alkyl halides is 3. The summed E-state index contributed by atoms with van der Waals surface area (Å²) in [6.45, 7) is -0.230. The Morgan fingerprint density at radius 2 is 1.85 bits per heavy atom. The smallest absolute Gasteiger partial charge is 0.364 e. The highest BCUT2D eigenvalue weighted by Gasteiger charge is 2.35. The van der Waals surface area contributed by atoms with Crippen molar-refractivity contribution in [2.45, 2.75) is 12.7 Å². The van der Waals surface area contributed by atoms with Gasteiger partial charge >= 0.3 is 6.18 Å². The Morgan fingerprint density at radius 1 is 1.19 bits per heavy atom. The van der Waals surface area contributed by atoms with Gasteiger partial charge in [-0.2, -0.15) is 18.2 Å². The number of nitrogens with one attached hydrogen (secondary N) is 2. The molecular formula is C13H16F3N7O2S. The number of hydrogen-bond donors (Lipinski definition) is 2. The lowest BCUT2D eigenvalue weighted by atomic mass is 10.3. The summed E-state index contributed by atoms with van der Waals surface area (Å²) >= 11 is 0. The molecule has 0 saturated heterocycles. The minimum Gasteiger partial charge on any atom is -0.364 e. The number of hydrogen-bond acceptors (Lipinski definition) is 8. The fraction of sp³-hybridized carbons (Fsp3) is 0.385. The number of nitrogens with zero attached hydrogens (tertiary/aromatic N) is 5. The molecule has 2 N–H and O–H groups in total. The van der Waals surface area contributed by atoms with Gasteiger partial charge in [-0.05, 0) is 0 Å². The monoisotopic (exact) mass is 391 g/mol. The molecule has 26 heavy (non-hydrogen) atoms. The highest BCUT2D eigenvalue weighted by atomic mass is 32.2. The first-order valence-corrected chi connectivity index (χ1v) is 8.98. The first kappa shape index (κ1) is 19.6. The molecule has 0 radical (unpaired) electrons. The standard InChI is InChI=1S/C13H16F3N7O2S/c1-17-12-21-6-8(13(14,15)16)10(22-12)20-7-9-11(19-5-4-18-9)23(2)26(3,24)25/h4-6H,7H2,1-3H3,(H2,17,20,21,22). The fourth-order valence-electron chi connectivity index (χ4n) is 1.92. The predicted octanol–water partition coefficient (Wildman–Crippen LogP) is 1.33. The molecule has 0 aliphatic carbocycles. The van der Waals surface area contributed by atoms with Crippen LogP contribution in [0.25, 0.3) is 0 Å². The summed E-state index contributed by atoms with van der Waals surface area (Å²) < 4.78 is 63.6. The molecule has 0 atom stereocenters. The van der Waals surface area contributed by atoms with E-state index < -0.39 is 27.6 Å². The minimum absolute atomic E-state index is 0.000968. The SMILES string of the molecule is CNc1ncc(C(F)(F)F)c(NCc2nccnc2N(C)S(C)(=O)=O)n1. The van der Waals surface area contributed by atoms with E-state index in [1.165, 1.54) is 26.5 Å². The maximum absolute atomic E-state index is 13.1. The molecule has 0 saturated carbocycles. The Hall–Kier alpha value is -2.70. The molecule has 0 unspecified atom stereocenters. The van der Waals surface area contributed by atoms with Crippen LogP contribution in [0.4, 0.5) is 30.8 Å². The van der Waals surface area contributed by atoms with Crippen LogP contribution < -0.4 is 14.9 Å². The van der Waals surface area contributed by atoms with Crippen LogP contribution in [0.3, 0.4) is 0 Å². The number of aromatic nitrogens is 4. The van der Waals surface area contributed by atoms with E-state index in [2.05, 4.69) is 30.6 Å². The van der Waals surface area contributed by atoms with Crippen molar-refractivity contribution in [2.24, 2.45) is 0 Å². The van der Waals surface area contributed by atoms with Crippen LogP contribution in [-0.4, -0.2) is 48.7 Å². The van der Waals surface area contributed by atoms with E-state index in [-0.39, 0.29) is 24.0 Å². The molecule has 2 heterocycles.